The zero-order chi connectivity index (χ0) is 8.89. The lowest BCUT2D eigenvalue weighted by molar-refractivity contribution is -0.140. The highest BCUT2D eigenvalue weighted by molar-refractivity contribution is 5.02. The summed E-state index contributed by atoms with van der Waals surface area (Å²) in [6.45, 7) is 6.10. The monoisotopic (exact) mass is 181 g/mol. The average Bonchev–Trinajstić information content (AvgIpc) is 2.49. The van der Waals surface area contributed by atoms with E-state index in [-0.39, 0.29) is 5.60 Å². The maximum absolute atomic E-state index is 6.18. The molecule has 1 spiro atoms. The van der Waals surface area contributed by atoms with Crippen molar-refractivity contribution < 1.29 is 4.74 Å². The third kappa shape index (κ3) is 1.15. The van der Waals surface area contributed by atoms with Crippen LogP contribution in [0.2, 0.25) is 0 Å². The first-order valence-electron chi connectivity index (χ1n) is 5.69. The summed E-state index contributed by atoms with van der Waals surface area (Å²) in [6.07, 6.45) is 5.87. The Kier molecular flexibility index (Phi) is 1.72. The van der Waals surface area contributed by atoms with Crippen molar-refractivity contribution in [3.8, 4) is 0 Å². The van der Waals surface area contributed by atoms with E-state index >= 15 is 0 Å². The summed E-state index contributed by atoms with van der Waals surface area (Å²) >= 11 is 0. The van der Waals surface area contributed by atoms with Gasteiger partial charge in [-0.15, -0.1) is 0 Å². The number of ether oxygens (including phenoxy) is 1. The van der Waals surface area contributed by atoms with Gasteiger partial charge >= 0.3 is 0 Å². The predicted octanol–water partition coefficient (Wildman–Crippen LogP) is 1.65. The van der Waals surface area contributed by atoms with E-state index in [0.717, 1.165) is 5.92 Å². The first kappa shape index (κ1) is 8.25. The van der Waals surface area contributed by atoms with Crippen LogP contribution in [0.1, 0.15) is 32.6 Å². The number of fused-ring (bicyclic) bond motifs is 2. The van der Waals surface area contributed by atoms with Gasteiger partial charge in [-0.05, 0) is 51.6 Å². The van der Waals surface area contributed by atoms with Gasteiger partial charge in [-0.1, -0.05) is 0 Å². The van der Waals surface area contributed by atoms with E-state index in [9.17, 15) is 0 Å². The van der Waals surface area contributed by atoms with Crippen molar-refractivity contribution in [2.75, 3.05) is 19.6 Å². The molecule has 4 heterocycles. The Labute approximate surface area is 80.2 Å². The number of hydrogen-bond acceptors (Lipinski definition) is 2. The second-order valence-corrected chi connectivity index (χ2v) is 5.08. The van der Waals surface area contributed by atoms with Crippen molar-refractivity contribution in [2.24, 2.45) is 5.92 Å². The molecule has 4 saturated heterocycles. The second-order valence-electron chi connectivity index (χ2n) is 5.08. The minimum absolute atomic E-state index is 0.288. The molecule has 4 fully saturated rings. The third-order valence-electron chi connectivity index (χ3n) is 4.23. The number of piperidine rings is 3. The summed E-state index contributed by atoms with van der Waals surface area (Å²) in [5, 5.41) is 0. The summed E-state index contributed by atoms with van der Waals surface area (Å²) < 4.78 is 6.18. The first-order valence-corrected chi connectivity index (χ1v) is 5.69. The van der Waals surface area contributed by atoms with E-state index in [0.29, 0.717) is 6.10 Å². The molecule has 0 unspecified atom stereocenters. The Balaban J connectivity index is 1.83. The van der Waals surface area contributed by atoms with Gasteiger partial charge < -0.3 is 9.64 Å². The molecule has 0 aromatic rings. The van der Waals surface area contributed by atoms with E-state index in [4.69, 9.17) is 4.74 Å². The highest BCUT2D eigenvalue weighted by Gasteiger charge is 2.50. The average molecular weight is 181 g/mol. The van der Waals surface area contributed by atoms with Crippen molar-refractivity contribution in [3.63, 3.8) is 0 Å². The van der Waals surface area contributed by atoms with E-state index in [1.54, 1.807) is 0 Å². The van der Waals surface area contributed by atoms with Crippen LogP contribution in [0.3, 0.4) is 0 Å². The molecule has 0 N–H and O–H groups in total. The third-order valence-corrected chi connectivity index (χ3v) is 4.23. The van der Waals surface area contributed by atoms with E-state index < -0.39 is 0 Å². The van der Waals surface area contributed by atoms with Crippen molar-refractivity contribution in [3.05, 3.63) is 0 Å². The predicted molar refractivity (Wildman–Crippen MR) is 51.7 cm³/mol. The highest BCUT2D eigenvalue weighted by atomic mass is 16.5. The summed E-state index contributed by atoms with van der Waals surface area (Å²) in [6, 6.07) is 0. The number of rotatable bonds is 0. The topological polar surface area (TPSA) is 12.5 Å². The maximum atomic E-state index is 6.18. The lowest BCUT2D eigenvalue weighted by Crippen LogP contribution is -2.58. The lowest BCUT2D eigenvalue weighted by atomic mass is 9.74. The Bertz CT molecular complexity index is 210. The number of hydrogen-bond donors (Lipinski definition) is 0. The molecule has 74 valence electrons. The van der Waals surface area contributed by atoms with Gasteiger partial charge in [-0.3, -0.25) is 0 Å². The van der Waals surface area contributed by atoms with Crippen LogP contribution in [-0.4, -0.2) is 36.2 Å². The Hall–Kier alpha value is -0.0800. The molecule has 2 nitrogen and oxygen atoms in total. The van der Waals surface area contributed by atoms with Crippen molar-refractivity contribution in [2.45, 2.75) is 44.3 Å². The van der Waals surface area contributed by atoms with Crippen LogP contribution in [-0.2, 0) is 4.74 Å². The van der Waals surface area contributed by atoms with Crippen LogP contribution in [0.15, 0.2) is 0 Å². The molecule has 13 heavy (non-hydrogen) atoms. The van der Waals surface area contributed by atoms with Crippen LogP contribution in [0.4, 0.5) is 0 Å². The van der Waals surface area contributed by atoms with Crippen LogP contribution in [0.25, 0.3) is 0 Å². The molecule has 0 aromatic heterocycles. The van der Waals surface area contributed by atoms with Crippen LogP contribution in [0.5, 0.6) is 0 Å². The molecule has 0 saturated carbocycles. The molecule has 0 aromatic carbocycles. The molecule has 0 aliphatic carbocycles. The quantitative estimate of drug-likeness (QED) is 0.563. The standard InChI is InChI=1S/C11H19NO/c1-9-2-5-11(13-9)8-12-6-3-10(11)4-7-12/h9-10H,2-8H2,1H3/t9-,11-/m0/s1. The summed E-state index contributed by atoms with van der Waals surface area (Å²) in [5.74, 6) is 0.877. The van der Waals surface area contributed by atoms with Crippen LogP contribution >= 0.6 is 0 Å². The summed E-state index contributed by atoms with van der Waals surface area (Å²) in [7, 11) is 0. The van der Waals surface area contributed by atoms with Crippen molar-refractivity contribution in [1.82, 2.24) is 4.90 Å². The smallest absolute Gasteiger partial charge is 0.0842 e. The van der Waals surface area contributed by atoms with Gasteiger partial charge in [-0.25, -0.2) is 0 Å². The highest BCUT2D eigenvalue weighted by Crippen LogP contribution is 2.45. The normalized spacial score (nSPS) is 54.7. The molecule has 2 bridgehead atoms. The molecule has 4 aliphatic rings. The molecule has 4 rings (SSSR count). The lowest BCUT2D eigenvalue weighted by Gasteiger charge is -2.51. The molecular weight excluding hydrogens is 162 g/mol. The van der Waals surface area contributed by atoms with Gasteiger partial charge in [0.1, 0.15) is 0 Å². The van der Waals surface area contributed by atoms with Gasteiger partial charge in [0.15, 0.2) is 0 Å². The van der Waals surface area contributed by atoms with Crippen LogP contribution < -0.4 is 0 Å². The van der Waals surface area contributed by atoms with Gasteiger partial charge in [-0.2, -0.15) is 0 Å². The Morgan fingerprint density at radius 3 is 2.46 bits per heavy atom. The van der Waals surface area contributed by atoms with E-state index in [1.807, 2.05) is 0 Å². The Morgan fingerprint density at radius 1 is 1.23 bits per heavy atom. The zero-order valence-electron chi connectivity index (χ0n) is 8.46. The van der Waals surface area contributed by atoms with Crippen molar-refractivity contribution >= 4 is 0 Å². The molecule has 2 atom stereocenters. The minimum atomic E-state index is 0.288. The zero-order valence-corrected chi connectivity index (χ0v) is 8.46. The molecule has 4 aliphatic heterocycles. The van der Waals surface area contributed by atoms with E-state index in [1.165, 1.54) is 45.3 Å². The second kappa shape index (κ2) is 2.71. The molecule has 0 amide bonds. The molecular formula is C11H19NO. The Morgan fingerprint density at radius 2 is 2.00 bits per heavy atom. The van der Waals surface area contributed by atoms with Crippen LogP contribution in [0, 0.1) is 5.92 Å². The fourth-order valence-electron chi connectivity index (χ4n) is 3.51. The number of nitrogens with zero attached hydrogens (tertiary/aromatic N) is 1. The molecule has 2 heteroatoms. The van der Waals surface area contributed by atoms with Crippen molar-refractivity contribution in [1.29, 1.82) is 0 Å². The largest absolute Gasteiger partial charge is 0.370 e. The van der Waals surface area contributed by atoms with Gasteiger partial charge in [0.2, 0.25) is 0 Å². The van der Waals surface area contributed by atoms with Gasteiger partial charge in [0.05, 0.1) is 11.7 Å². The SMILES string of the molecule is C[C@H]1CC[C@@]2(CN3CCC2CC3)O1. The fraction of sp³-hybridized carbons (Fsp3) is 1.00. The first-order chi connectivity index (χ1) is 6.28. The van der Waals surface area contributed by atoms with E-state index in [2.05, 4.69) is 11.8 Å². The van der Waals surface area contributed by atoms with Gasteiger partial charge in [0.25, 0.3) is 0 Å². The maximum Gasteiger partial charge on any atom is 0.0842 e. The fourth-order valence-corrected chi connectivity index (χ4v) is 3.51. The van der Waals surface area contributed by atoms with Gasteiger partial charge in [0, 0.05) is 6.54 Å². The summed E-state index contributed by atoms with van der Waals surface area (Å²) in [4.78, 5) is 2.60. The summed E-state index contributed by atoms with van der Waals surface area (Å²) in [5.41, 5.74) is 0.288. The minimum Gasteiger partial charge on any atom is -0.370 e. The molecule has 0 radical (unpaired) electrons.